The zero-order valence-electron chi connectivity index (χ0n) is 28.9. The van der Waals surface area contributed by atoms with E-state index in [2.05, 4.69) is 182 Å². The Bertz CT molecular complexity index is 1430. The summed E-state index contributed by atoms with van der Waals surface area (Å²) in [5, 5.41) is 16.5. The zero-order chi connectivity index (χ0) is 34.7. The van der Waals surface area contributed by atoms with Crippen molar-refractivity contribution >= 4 is 74.0 Å². The van der Waals surface area contributed by atoms with Crippen molar-refractivity contribution in [2.75, 3.05) is 14.3 Å². The molecule has 0 radical (unpaired) electrons. The SMILES string of the molecule is CC.CC(=O)O.Cl.c1ccc(P([CH2][Ru]([CH2]P(c2ccccc2)c2ccccc2)[CH2]P(c2ccccc2)c2ccccc2)c2ccccc2)cc1. The molecule has 50 heavy (non-hydrogen) atoms. The molecule has 0 unspecified atom stereocenters. The maximum absolute atomic E-state index is 9.00. The average molecular weight is 825 g/mol. The molecule has 0 bridgehead atoms. The number of aliphatic carboxylic acids is 1. The van der Waals surface area contributed by atoms with E-state index in [1.165, 1.54) is 46.1 Å². The molecule has 261 valence electrons. The number of rotatable bonds is 12. The number of carboxylic acids is 1. The van der Waals surface area contributed by atoms with E-state index in [4.69, 9.17) is 9.90 Å². The van der Waals surface area contributed by atoms with Crippen LogP contribution in [0.25, 0.3) is 0 Å². The van der Waals surface area contributed by atoms with Gasteiger partial charge in [0.25, 0.3) is 5.97 Å². The molecule has 7 heteroatoms. The Morgan fingerprint density at radius 3 is 0.700 bits per heavy atom. The molecule has 0 saturated heterocycles. The minimum atomic E-state index is -1.40. The first-order valence-electron chi connectivity index (χ1n) is 16.4. The van der Waals surface area contributed by atoms with Crippen molar-refractivity contribution in [3.05, 3.63) is 182 Å². The first-order chi connectivity index (χ1) is 24.1. The molecule has 6 aromatic carbocycles. The van der Waals surface area contributed by atoms with Gasteiger partial charge in [0.05, 0.1) is 0 Å². The quantitative estimate of drug-likeness (QED) is 0.0988. The first-order valence-corrected chi connectivity index (χ1v) is 24.7. The third kappa shape index (κ3) is 13.3. The minimum absolute atomic E-state index is 0. The molecule has 0 aliphatic carbocycles. The van der Waals surface area contributed by atoms with Gasteiger partial charge in [0, 0.05) is 6.92 Å². The number of carbonyl (C=O) groups is 1. The van der Waals surface area contributed by atoms with E-state index in [-0.39, 0.29) is 12.4 Å². The van der Waals surface area contributed by atoms with Gasteiger partial charge in [0.2, 0.25) is 0 Å². The van der Waals surface area contributed by atoms with E-state index in [9.17, 15) is 0 Å². The van der Waals surface area contributed by atoms with Gasteiger partial charge in [-0.05, 0) is 0 Å². The fourth-order valence-corrected chi connectivity index (χ4v) is 29.1. The molecule has 0 atom stereocenters. The third-order valence-electron chi connectivity index (χ3n) is 7.22. The molecular weight excluding hydrogens is 778 g/mol. The predicted molar refractivity (Wildman–Crippen MR) is 224 cm³/mol. The Kier molecular flexibility index (Phi) is 19.4. The van der Waals surface area contributed by atoms with Crippen LogP contribution in [0.4, 0.5) is 0 Å². The van der Waals surface area contributed by atoms with Gasteiger partial charge in [-0.2, -0.15) is 0 Å². The Labute approximate surface area is 315 Å². The van der Waals surface area contributed by atoms with E-state index in [1.807, 2.05) is 13.8 Å². The maximum atomic E-state index is 9.00. The van der Waals surface area contributed by atoms with Gasteiger partial charge in [0.15, 0.2) is 0 Å². The number of carboxylic acid groups (broad SMARTS) is 1. The van der Waals surface area contributed by atoms with Crippen LogP contribution in [0.1, 0.15) is 20.8 Å². The van der Waals surface area contributed by atoms with Crippen molar-refractivity contribution in [3.63, 3.8) is 0 Å². The summed E-state index contributed by atoms with van der Waals surface area (Å²) in [7, 11) is -1.33. The Morgan fingerprint density at radius 2 is 0.560 bits per heavy atom. The van der Waals surface area contributed by atoms with Gasteiger partial charge >= 0.3 is 268 Å². The summed E-state index contributed by atoms with van der Waals surface area (Å²) >= 11 is -1.40. The number of benzene rings is 6. The van der Waals surface area contributed by atoms with Crippen LogP contribution in [0, 0.1) is 0 Å². The van der Waals surface area contributed by atoms with Gasteiger partial charge in [-0.25, -0.2) is 0 Å². The molecule has 0 amide bonds. The van der Waals surface area contributed by atoms with Crippen molar-refractivity contribution in [1.29, 1.82) is 0 Å². The number of halogens is 1. The molecule has 0 aliphatic rings. The van der Waals surface area contributed by atoms with Gasteiger partial charge in [-0.3, -0.25) is 4.79 Å². The van der Waals surface area contributed by atoms with Crippen LogP contribution in [0.5, 0.6) is 0 Å². The van der Waals surface area contributed by atoms with Gasteiger partial charge in [0.1, 0.15) is 0 Å². The number of hydrogen-bond donors (Lipinski definition) is 1. The van der Waals surface area contributed by atoms with E-state index < -0.39 is 45.7 Å². The van der Waals surface area contributed by atoms with E-state index in [0.717, 1.165) is 6.92 Å². The molecule has 2 nitrogen and oxygen atoms in total. The van der Waals surface area contributed by atoms with Crippen LogP contribution in [0.3, 0.4) is 0 Å². The van der Waals surface area contributed by atoms with E-state index in [1.54, 1.807) is 0 Å². The van der Waals surface area contributed by atoms with Crippen LogP contribution in [-0.4, -0.2) is 25.3 Å². The van der Waals surface area contributed by atoms with E-state index >= 15 is 0 Å². The molecular formula is C43H47ClO2P3Ru. The molecule has 6 aromatic rings. The molecule has 0 saturated carbocycles. The summed E-state index contributed by atoms with van der Waals surface area (Å²) in [5.74, 6) is -0.833. The summed E-state index contributed by atoms with van der Waals surface area (Å²) in [6.07, 6.45) is 0. The molecule has 1 N–H and O–H groups in total. The monoisotopic (exact) mass is 825 g/mol. The summed E-state index contributed by atoms with van der Waals surface area (Å²) in [6.45, 7) is 5.08. The molecule has 0 fully saturated rings. The van der Waals surface area contributed by atoms with Gasteiger partial charge in [-0.15, -0.1) is 12.4 Å². The Morgan fingerprint density at radius 1 is 0.420 bits per heavy atom. The summed E-state index contributed by atoms with van der Waals surface area (Å²) in [4.78, 5) is 9.00. The van der Waals surface area contributed by atoms with E-state index in [0.29, 0.717) is 0 Å². The van der Waals surface area contributed by atoms with Crippen molar-refractivity contribution in [2.45, 2.75) is 20.8 Å². The normalized spacial score (nSPS) is 10.6. The standard InChI is InChI=1S/3C13H12P.C2H4O2.C2H6.ClH.Ru/c3*1-14(12-8-4-2-5-9-12)13-10-6-3-7-11-13;1-2(3)4;1-2;;/h3*2-11H,1H2;1H3,(H,3,4);1-2H3;1H;. The molecule has 0 spiro atoms. The Balaban J connectivity index is 0.000000903. The topological polar surface area (TPSA) is 37.3 Å². The molecule has 0 aliphatic heterocycles. The van der Waals surface area contributed by atoms with Gasteiger partial charge in [-0.1, -0.05) is 13.8 Å². The molecule has 0 heterocycles. The van der Waals surface area contributed by atoms with Crippen molar-refractivity contribution in [2.24, 2.45) is 0 Å². The second-order valence-corrected chi connectivity index (χ2v) is 24.6. The fourth-order valence-electron chi connectivity index (χ4n) is 5.06. The van der Waals surface area contributed by atoms with Crippen LogP contribution >= 0.6 is 36.2 Å². The Hall–Kier alpha value is -3.01. The first kappa shape index (κ1) is 41.4. The van der Waals surface area contributed by atoms with Crippen molar-refractivity contribution in [3.8, 4) is 0 Å². The number of hydrogen-bond acceptors (Lipinski definition) is 1. The second kappa shape index (κ2) is 23.5. The molecule has 6 rings (SSSR count). The summed E-state index contributed by atoms with van der Waals surface area (Å²) in [5.41, 5.74) is 0. The second-order valence-electron chi connectivity index (χ2n) is 10.7. The fraction of sp³-hybridized carbons (Fsp3) is 0.140. The van der Waals surface area contributed by atoms with Crippen molar-refractivity contribution in [1.82, 2.24) is 0 Å². The third-order valence-corrected chi connectivity index (χ3v) is 26.3. The predicted octanol–water partition coefficient (Wildman–Crippen LogP) is 9.41. The molecule has 0 aromatic heterocycles. The zero-order valence-corrected chi connectivity index (χ0v) is 34.1. The van der Waals surface area contributed by atoms with Gasteiger partial charge < -0.3 is 5.11 Å². The van der Waals surface area contributed by atoms with Crippen LogP contribution in [0.15, 0.2) is 182 Å². The average Bonchev–Trinajstić information content (AvgIpc) is 3.17. The summed E-state index contributed by atoms with van der Waals surface area (Å²) < 4.78 is 3.97. The van der Waals surface area contributed by atoms with Crippen molar-refractivity contribution < 1.29 is 25.9 Å². The van der Waals surface area contributed by atoms with Crippen LogP contribution in [0.2, 0.25) is 0 Å². The van der Waals surface area contributed by atoms with Crippen LogP contribution < -0.4 is 31.8 Å². The van der Waals surface area contributed by atoms with Crippen LogP contribution in [-0.2, 0) is 20.7 Å². The summed E-state index contributed by atoms with van der Waals surface area (Å²) in [6, 6.07) is 68.2.